The lowest BCUT2D eigenvalue weighted by Gasteiger charge is -2.24. The van der Waals surface area contributed by atoms with Crippen molar-refractivity contribution in [2.24, 2.45) is 5.41 Å². The molecule has 39 heavy (non-hydrogen) atoms. The maximum atomic E-state index is 13.5. The molecule has 1 aliphatic rings. The second-order valence-electron chi connectivity index (χ2n) is 9.68. The number of rotatable bonds is 9. The van der Waals surface area contributed by atoms with E-state index in [1.54, 1.807) is 39.0 Å². The van der Waals surface area contributed by atoms with E-state index in [1.807, 2.05) is 6.07 Å². The molecule has 208 valence electrons. The summed E-state index contributed by atoms with van der Waals surface area (Å²) < 4.78 is 41.6. The lowest BCUT2D eigenvalue weighted by atomic mass is 9.92. The maximum Gasteiger partial charge on any atom is 0.533 e. The van der Waals surface area contributed by atoms with E-state index >= 15 is 0 Å². The third kappa shape index (κ3) is 5.74. The van der Waals surface area contributed by atoms with Crippen LogP contribution in [0.2, 0.25) is 0 Å². The quantitative estimate of drug-likeness (QED) is 0.194. The fourth-order valence-corrected chi connectivity index (χ4v) is 4.85. The van der Waals surface area contributed by atoms with Crippen LogP contribution in [-0.4, -0.2) is 62.5 Å². The standard InChI is InChI=1S/C24H28N5O9P/c1-23(2,3)22(32)34-14-36-39(33,38-15-7-5-4-6-8-15)35-11-17-19(30)20(31)24(12-25,37-17)18-10-9-16-21(26)27-13-28-29(16)18/h4-10,13,17,19-20,30-31H,11,14H2,1-3H3,(H2,26,27,28)/t17-,19-,20-,24+,39-/m1/s1. The summed E-state index contributed by atoms with van der Waals surface area (Å²) in [6, 6.07) is 12.8. The molecule has 14 nitrogen and oxygen atoms in total. The van der Waals surface area contributed by atoms with E-state index in [-0.39, 0.29) is 17.3 Å². The van der Waals surface area contributed by atoms with Crippen LogP contribution >= 0.6 is 7.82 Å². The Labute approximate surface area is 223 Å². The first-order chi connectivity index (χ1) is 18.4. The number of aromatic nitrogens is 3. The molecule has 0 aliphatic carbocycles. The topological polar surface area (TPSA) is 201 Å². The molecule has 1 saturated heterocycles. The third-order valence-corrected chi connectivity index (χ3v) is 7.18. The molecule has 2 aromatic heterocycles. The molecule has 0 amide bonds. The average Bonchev–Trinajstić information content (AvgIpc) is 3.44. The number of phosphoric acid groups is 1. The van der Waals surface area contributed by atoms with Crippen LogP contribution < -0.4 is 10.3 Å². The molecule has 15 heteroatoms. The van der Waals surface area contributed by atoms with Crippen LogP contribution in [0.5, 0.6) is 5.75 Å². The minimum Gasteiger partial charge on any atom is -0.437 e. The van der Waals surface area contributed by atoms with Gasteiger partial charge in [0.05, 0.1) is 17.7 Å². The van der Waals surface area contributed by atoms with Gasteiger partial charge >= 0.3 is 13.8 Å². The Hall–Kier alpha value is -3.57. The van der Waals surface area contributed by atoms with Gasteiger partial charge in [0.2, 0.25) is 12.4 Å². The zero-order valence-electron chi connectivity index (χ0n) is 21.3. The number of hydrogen-bond donors (Lipinski definition) is 3. The fraction of sp³-hybridized carbons (Fsp3) is 0.417. The van der Waals surface area contributed by atoms with Gasteiger partial charge in [0, 0.05) is 0 Å². The largest absolute Gasteiger partial charge is 0.533 e. The SMILES string of the molecule is CC(C)(C)C(=O)OCO[P@@](=O)(OC[C@H]1O[C@@](C#N)(c2ccc3c(N)ncnn23)[C@H](O)[C@@H]1O)Oc1ccccc1. The molecule has 4 N–H and O–H groups in total. The van der Waals surface area contributed by atoms with Gasteiger partial charge in [-0.15, -0.1) is 0 Å². The Morgan fingerprint density at radius 3 is 2.62 bits per heavy atom. The lowest BCUT2D eigenvalue weighted by Crippen LogP contribution is -2.41. The summed E-state index contributed by atoms with van der Waals surface area (Å²) in [5.74, 6) is -0.367. The predicted molar refractivity (Wildman–Crippen MR) is 134 cm³/mol. The number of carbonyl (C=O) groups is 1. The van der Waals surface area contributed by atoms with E-state index in [0.29, 0.717) is 5.52 Å². The van der Waals surface area contributed by atoms with Gasteiger partial charge in [-0.05, 0) is 45.0 Å². The second-order valence-corrected chi connectivity index (χ2v) is 11.3. The Bertz CT molecular complexity index is 1420. The first kappa shape index (κ1) is 28.4. The Morgan fingerprint density at radius 1 is 1.23 bits per heavy atom. The van der Waals surface area contributed by atoms with Gasteiger partial charge < -0.3 is 29.9 Å². The van der Waals surface area contributed by atoms with Crippen molar-refractivity contribution in [3.8, 4) is 11.8 Å². The summed E-state index contributed by atoms with van der Waals surface area (Å²) in [5, 5.41) is 35.8. The summed E-state index contributed by atoms with van der Waals surface area (Å²) >= 11 is 0. The van der Waals surface area contributed by atoms with E-state index in [0.717, 1.165) is 6.33 Å². The van der Waals surface area contributed by atoms with Crippen molar-refractivity contribution in [1.29, 1.82) is 5.26 Å². The number of para-hydroxylation sites is 1. The van der Waals surface area contributed by atoms with E-state index < -0.39 is 56.5 Å². The van der Waals surface area contributed by atoms with Crippen LogP contribution in [0.25, 0.3) is 5.52 Å². The summed E-state index contributed by atoms with van der Waals surface area (Å²) in [6.45, 7) is 3.50. The summed E-state index contributed by atoms with van der Waals surface area (Å²) in [6.07, 6.45) is -3.61. The zero-order valence-corrected chi connectivity index (χ0v) is 22.2. The first-order valence-electron chi connectivity index (χ1n) is 11.7. The molecule has 4 rings (SSSR count). The molecule has 1 aromatic carbocycles. The highest BCUT2D eigenvalue weighted by Crippen LogP contribution is 2.51. The van der Waals surface area contributed by atoms with Crippen LogP contribution in [0.15, 0.2) is 48.8 Å². The molecule has 0 bridgehead atoms. The van der Waals surface area contributed by atoms with Crippen LogP contribution in [0.4, 0.5) is 5.82 Å². The van der Waals surface area contributed by atoms with Crippen LogP contribution in [-0.2, 0) is 33.5 Å². The van der Waals surface area contributed by atoms with Gasteiger partial charge in [-0.25, -0.2) is 18.6 Å². The molecule has 3 heterocycles. The lowest BCUT2D eigenvalue weighted by molar-refractivity contribution is -0.160. The van der Waals surface area contributed by atoms with E-state index in [9.17, 15) is 24.8 Å². The maximum absolute atomic E-state index is 13.5. The Balaban J connectivity index is 1.54. The monoisotopic (exact) mass is 561 g/mol. The van der Waals surface area contributed by atoms with Crippen molar-refractivity contribution in [3.05, 3.63) is 54.5 Å². The number of anilines is 1. The van der Waals surface area contributed by atoms with Gasteiger partial charge in [-0.1, -0.05) is 18.2 Å². The molecule has 0 unspecified atom stereocenters. The van der Waals surface area contributed by atoms with Gasteiger partial charge in [0.25, 0.3) is 0 Å². The second kappa shape index (κ2) is 10.9. The number of aliphatic hydroxyl groups excluding tert-OH is 2. The van der Waals surface area contributed by atoms with Crippen molar-refractivity contribution in [1.82, 2.24) is 14.6 Å². The normalized spacial score (nSPS) is 24.7. The minimum absolute atomic E-state index is 0.0808. The Kier molecular flexibility index (Phi) is 7.94. The Morgan fingerprint density at radius 2 is 1.95 bits per heavy atom. The smallest absolute Gasteiger partial charge is 0.437 e. The molecular weight excluding hydrogens is 533 g/mol. The number of ether oxygens (including phenoxy) is 2. The molecule has 5 atom stereocenters. The molecule has 3 aromatic rings. The molecule has 0 spiro atoms. The van der Waals surface area contributed by atoms with Crippen molar-refractivity contribution < 1.29 is 42.6 Å². The van der Waals surface area contributed by atoms with E-state index in [2.05, 4.69) is 10.1 Å². The number of esters is 1. The number of phosphoric ester groups is 1. The van der Waals surface area contributed by atoms with E-state index in [1.165, 1.54) is 28.8 Å². The number of nitrogens with zero attached hydrogens (tertiary/aromatic N) is 4. The van der Waals surface area contributed by atoms with Gasteiger partial charge in [0.15, 0.2) is 5.82 Å². The van der Waals surface area contributed by atoms with Crippen molar-refractivity contribution in [2.75, 3.05) is 19.1 Å². The summed E-state index contributed by atoms with van der Waals surface area (Å²) in [7, 11) is -4.48. The number of aliphatic hydroxyl groups is 2. The number of nitrogen functional groups attached to an aromatic ring is 1. The molecular formula is C24H28N5O9P. The molecule has 0 saturated carbocycles. The van der Waals surface area contributed by atoms with Crippen LogP contribution in [0.1, 0.15) is 26.5 Å². The van der Waals surface area contributed by atoms with Gasteiger partial charge in [-0.3, -0.25) is 9.32 Å². The van der Waals surface area contributed by atoms with Gasteiger partial charge in [-0.2, -0.15) is 10.4 Å². The van der Waals surface area contributed by atoms with E-state index in [4.69, 9.17) is 28.8 Å². The van der Waals surface area contributed by atoms with Crippen molar-refractivity contribution in [3.63, 3.8) is 0 Å². The average molecular weight is 561 g/mol. The number of benzene rings is 1. The predicted octanol–water partition coefficient (Wildman–Crippen LogP) is 1.92. The number of fused-ring (bicyclic) bond motifs is 1. The highest BCUT2D eigenvalue weighted by molar-refractivity contribution is 7.48. The highest BCUT2D eigenvalue weighted by atomic mass is 31.2. The molecule has 0 radical (unpaired) electrons. The third-order valence-electron chi connectivity index (χ3n) is 5.86. The number of hydrogen-bond acceptors (Lipinski definition) is 13. The van der Waals surface area contributed by atoms with Crippen LogP contribution in [0, 0.1) is 16.7 Å². The van der Waals surface area contributed by atoms with Crippen LogP contribution in [0.3, 0.4) is 0 Å². The first-order valence-corrected chi connectivity index (χ1v) is 13.2. The van der Waals surface area contributed by atoms with Crippen molar-refractivity contribution in [2.45, 2.75) is 44.7 Å². The summed E-state index contributed by atoms with van der Waals surface area (Å²) in [4.78, 5) is 16.0. The van der Waals surface area contributed by atoms with Crippen molar-refractivity contribution >= 4 is 25.1 Å². The fourth-order valence-electron chi connectivity index (χ4n) is 3.78. The molecule has 1 fully saturated rings. The summed E-state index contributed by atoms with van der Waals surface area (Å²) in [5.41, 5.74) is 3.37. The number of carbonyl (C=O) groups excluding carboxylic acids is 1. The minimum atomic E-state index is -4.48. The molecule has 1 aliphatic heterocycles. The number of nitrogens with two attached hydrogens (primary N) is 1. The highest BCUT2D eigenvalue weighted by Gasteiger charge is 2.58. The van der Waals surface area contributed by atoms with Gasteiger partial charge in [0.1, 0.15) is 42.0 Å². The zero-order chi connectivity index (χ0) is 28.4. The number of nitriles is 1.